The minimum absolute atomic E-state index is 0.0133. The summed E-state index contributed by atoms with van der Waals surface area (Å²) in [6.07, 6.45) is 0.0133. The molecule has 1 heterocycles. The van der Waals surface area contributed by atoms with Crippen molar-refractivity contribution in [2.24, 2.45) is 5.92 Å². The monoisotopic (exact) mass is 458 g/mol. The molecule has 3 rings (SSSR count). The molecule has 2 aromatic carbocycles. The van der Waals surface area contributed by atoms with E-state index in [9.17, 15) is 18.3 Å². The van der Waals surface area contributed by atoms with Crippen molar-refractivity contribution in [1.82, 2.24) is 4.98 Å². The Morgan fingerprint density at radius 1 is 1.16 bits per heavy atom. The molecule has 9 heteroatoms. The Hall–Kier alpha value is -2.91. The number of aromatic nitrogens is 1. The second-order valence-electron chi connectivity index (χ2n) is 6.96. The summed E-state index contributed by atoms with van der Waals surface area (Å²) < 4.78 is 31.1. The molecule has 3 aromatic rings. The minimum Gasteiger partial charge on any atom is -0.481 e. The van der Waals surface area contributed by atoms with Gasteiger partial charge in [0.1, 0.15) is 16.7 Å². The number of nitrogens with zero attached hydrogens (tertiary/aromatic N) is 1. The van der Waals surface area contributed by atoms with Crippen LogP contribution in [0.3, 0.4) is 0 Å². The Labute approximate surface area is 186 Å². The maximum Gasteiger partial charge on any atom is 0.313 e. The fourth-order valence-electron chi connectivity index (χ4n) is 3.14. The van der Waals surface area contributed by atoms with Crippen LogP contribution in [0.5, 0.6) is 0 Å². The van der Waals surface area contributed by atoms with Crippen LogP contribution in [0, 0.1) is 18.3 Å². The van der Waals surface area contributed by atoms with Crippen molar-refractivity contribution >= 4 is 33.5 Å². The van der Waals surface area contributed by atoms with E-state index >= 15 is 0 Å². The molecular weight excluding hydrogens is 436 g/mol. The van der Waals surface area contributed by atoms with Crippen molar-refractivity contribution < 1.29 is 22.7 Å². The summed E-state index contributed by atoms with van der Waals surface area (Å²) in [5.74, 6) is -1.64. The number of aryl methyl sites for hydroxylation is 1. The molecule has 0 radical (unpaired) electrons. The summed E-state index contributed by atoms with van der Waals surface area (Å²) in [4.78, 5) is 15.7. The van der Waals surface area contributed by atoms with Crippen molar-refractivity contribution in [1.29, 1.82) is 5.41 Å². The number of benzene rings is 2. The smallest absolute Gasteiger partial charge is 0.313 e. The third-order valence-electron chi connectivity index (χ3n) is 4.93. The number of thiol groups is 1. The summed E-state index contributed by atoms with van der Waals surface area (Å²) in [7, 11) is -4.20. The fraction of sp³-hybridized carbons (Fsp3) is 0.227. The minimum atomic E-state index is -4.20. The fourth-order valence-corrected chi connectivity index (χ4v) is 4.94. The van der Waals surface area contributed by atoms with Crippen molar-refractivity contribution in [2.45, 2.75) is 30.4 Å². The van der Waals surface area contributed by atoms with Crippen LogP contribution in [0.1, 0.15) is 35.6 Å². The van der Waals surface area contributed by atoms with Gasteiger partial charge >= 0.3 is 5.97 Å². The molecular formula is C22H22N2O5S2. The molecule has 0 saturated carbocycles. The van der Waals surface area contributed by atoms with E-state index in [2.05, 4.69) is 17.6 Å². The van der Waals surface area contributed by atoms with Crippen molar-refractivity contribution in [2.75, 3.05) is 0 Å². The lowest BCUT2D eigenvalue weighted by Gasteiger charge is -2.13. The van der Waals surface area contributed by atoms with Crippen molar-refractivity contribution in [3.8, 4) is 11.5 Å². The van der Waals surface area contributed by atoms with Crippen LogP contribution in [0.25, 0.3) is 11.5 Å². The van der Waals surface area contributed by atoms with Crippen molar-refractivity contribution in [3.05, 3.63) is 71.6 Å². The van der Waals surface area contributed by atoms with E-state index in [-0.39, 0.29) is 11.3 Å². The molecule has 0 amide bonds. The first kappa shape index (κ1) is 22.8. The van der Waals surface area contributed by atoms with Gasteiger partial charge in [-0.2, -0.15) is 12.6 Å². The first-order chi connectivity index (χ1) is 14.7. The highest BCUT2D eigenvalue weighted by Crippen LogP contribution is 2.33. The van der Waals surface area contributed by atoms with Gasteiger partial charge in [0.2, 0.25) is 15.7 Å². The van der Waals surface area contributed by atoms with Gasteiger partial charge in [0.25, 0.3) is 0 Å². The van der Waals surface area contributed by atoms with Crippen molar-refractivity contribution in [3.63, 3.8) is 0 Å². The number of carboxylic acids is 1. The molecule has 0 aliphatic heterocycles. The van der Waals surface area contributed by atoms with E-state index in [4.69, 9.17) is 9.83 Å². The summed E-state index contributed by atoms with van der Waals surface area (Å²) in [5, 5.41) is 15.8. The highest BCUT2D eigenvalue weighted by Gasteiger charge is 2.32. The van der Waals surface area contributed by atoms with Gasteiger partial charge in [-0.25, -0.2) is 13.4 Å². The molecule has 7 nitrogen and oxygen atoms in total. The Morgan fingerprint density at radius 2 is 1.77 bits per heavy atom. The standard InChI is InChI=1S/C22H22N2O5S2/c1-3-17(22(25)26)20(23)31(27,28)16-11-9-14(10-12-16)19(30)18-13(2)29-21(24-18)15-7-5-4-6-8-15/h4-12,17,19,23,30H,3H2,1-2H3,(H,25,26)/t17-,19?/m0/s1. The van der Waals surface area contributed by atoms with Crippen LogP contribution >= 0.6 is 12.6 Å². The molecule has 1 aromatic heterocycles. The van der Waals surface area contributed by atoms with Gasteiger partial charge in [0.05, 0.1) is 15.8 Å². The normalized spacial score (nSPS) is 13.5. The second-order valence-corrected chi connectivity index (χ2v) is 9.40. The van der Waals surface area contributed by atoms with Crippen LogP contribution in [0.15, 0.2) is 63.9 Å². The third-order valence-corrected chi connectivity index (χ3v) is 7.23. The number of nitrogens with one attached hydrogen (secondary N) is 1. The molecule has 0 saturated heterocycles. The van der Waals surface area contributed by atoms with Crippen LogP contribution in [0.4, 0.5) is 0 Å². The maximum absolute atomic E-state index is 12.7. The van der Waals surface area contributed by atoms with Gasteiger partial charge in [-0.15, -0.1) is 0 Å². The number of carboxylic acid groups (broad SMARTS) is 1. The predicted molar refractivity (Wildman–Crippen MR) is 120 cm³/mol. The quantitative estimate of drug-likeness (QED) is 0.272. The van der Waals surface area contributed by atoms with Gasteiger partial charge in [-0.1, -0.05) is 37.3 Å². The second kappa shape index (κ2) is 9.07. The summed E-state index contributed by atoms with van der Waals surface area (Å²) in [5.41, 5.74) is 2.14. The first-order valence-corrected chi connectivity index (χ1v) is 11.5. The number of carbonyl (C=O) groups is 1. The van der Waals surface area contributed by atoms with Crippen LogP contribution in [0.2, 0.25) is 0 Å². The van der Waals surface area contributed by atoms with E-state index in [1.165, 1.54) is 19.1 Å². The van der Waals surface area contributed by atoms with Crippen LogP contribution in [-0.2, 0) is 14.6 Å². The third kappa shape index (κ3) is 4.57. The zero-order valence-electron chi connectivity index (χ0n) is 16.9. The lowest BCUT2D eigenvalue weighted by atomic mass is 10.1. The number of aliphatic carboxylic acids is 1. The molecule has 0 bridgehead atoms. The van der Waals surface area contributed by atoms with E-state index in [0.717, 1.165) is 5.56 Å². The Kier molecular flexibility index (Phi) is 6.66. The first-order valence-electron chi connectivity index (χ1n) is 9.54. The van der Waals surface area contributed by atoms with E-state index in [0.29, 0.717) is 22.9 Å². The topological polar surface area (TPSA) is 121 Å². The largest absolute Gasteiger partial charge is 0.481 e. The van der Waals surface area contributed by atoms with E-state index in [1.807, 2.05) is 30.3 Å². The summed E-state index contributed by atoms with van der Waals surface area (Å²) in [6.45, 7) is 3.32. The Morgan fingerprint density at radius 3 is 2.32 bits per heavy atom. The highest BCUT2D eigenvalue weighted by atomic mass is 32.2. The maximum atomic E-state index is 12.7. The van der Waals surface area contributed by atoms with Crippen LogP contribution < -0.4 is 0 Å². The molecule has 2 atom stereocenters. The molecule has 0 aliphatic rings. The number of oxazole rings is 1. The zero-order chi connectivity index (χ0) is 22.8. The van der Waals surface area contributed by atoms with Gasteiger partial charge < -0.3 is 9.52 Å². The lowest BCUT2D eigenvalue weighted by Crippen LogP contribution is -2.29. The molecule has 31 heavy (non-hydrogen) atoms. The number of hydrogen-bond acceptors (Lipinski definition) is 7. The predicted octanol–water partition coefficient (Wildman–Crippen LogP) is 4.53. The van der Waals surface area contributed by atoms with Gasteiger partial charge in [0.15, 0.2) is 0 Å². The Bertz CT molecular complexity index is 1200. The molecule has 0 spiro atoms. The summed E-state index contributed by atoms with van der Waals surface area (Å²) in [6, 6.07) is 15.3. The molecule has 0 aliphatic carbocycles. The number of sulfone groups is 1. The molecule has 162 valence electrons. The average Bonchev–Trinajstić information content (AvgIpc) is 3.15. The van der Waals surface area contributed by atoms with Gasteiger partial charge in [-0.05, 0) is 43.2 Å². The number of rotatable bonds is 7. The van der Waals surface area contributed by atoms with E-state index < -0.39 is 32.0 Å². The van der Waals surface area contributed by atoms with Gasteiger partial charge in [-0.3, -0.25) is 10.2 Å². The number of hydrogen-bond donors (Lipinski definition) is 3. The van der Waals surface area contributed by atoms with Crippen LogP contribution in [-0.4, -0.2) is 29.5 Å². The Balaban J connectivity index is 1.87. The lowest BCUT2D eigenvalue weighted by molar-refractivity contribution is -0.139. The SMILES string of the molecule is CC[C@@H](C(=N)S(=O)(=O)c1ccc(C(S)c2nc(-c3ccccc3)oc2C)cc1)C(=O)O. The van der Waals surface area contributed by atoms with Gasteiger partial charge in [0, 0.05) is 5.56 Å². The highest BCUT2D eigenvalue weighted by molar-refractivity contribution is 8.06. The van der Waals surface area contributed by atoms with E-state index in [1.54, 1.807) is 19.1 Å². The average molecular weight is 459 g/mol. The molecule has 1 unspecified atom stereocenters. The zero-order valence-corrected chi connectivity index (χ0v) is 18.7. The summed E-state index contributed by atoms with van der Waals surface area (Å²) >= 11 is 4.63. The molecule has 0 fully saturated rings. The molecule has 2 N–H and O–H groups in total.